The predicted octanol–water partition coefficient (Wildman–Crippen LogP) is 3.24. The summed E-state index contributed by atoms with van der Waals surface area (Å²) in [5, 5.41) is 35.7. The molecule has 1 heterocycles. The number of aromatic nitrogens is 2. The van der Waals surface area contributed by atoms with Gasteiger partial charge in [0.2, 0.25) is 11.7 Å². The van der Waals surface area contributed by atoms with Gasteiger partial charge in [-0.05, 0) is 62.1 Å². The molecule has 0 bridgehead atoms. The quantitative estimate of drug-likeness (QED) is 0.151. The minimum atomic E-state index is -1.16. The molecule has 0 fully saturated rings. The Kier molecular flexibility index (Phi) is 6.77. The highest BCUT2D eigenvalue weighted by Gasteiger charge is 2.20. The van der Waals surface area contributed by atoms with Gasteiger partial charge in [-0.2, -0.15) is 0 Å². The van der Waals surface area contributed by atoms with E-state index < -0.39 is 17.8 Å². The molecule has 0 aliphatic rings. The van der Waals surface area contributed by atoms with E-state index >= 15 is 0 Å². The van der Waals surface area contributed by atoms with Crippen LogP contribution < -0.4 is 16.0 Å². The fourth-order valence-corrected chi connectivity index (χ4v) is 2.78. The van der Waals surface area contributed by atoms with Crippen LogP contribution in [0.4, 0.5) is 20.7 Å². The van der Waals surface area contributed by atoms with Gasteiger partial charge in [-0.25, -0.2) is 13.8 Å². The van der Waals surface area contributed by atoms with E-state index in [1.54, 1.807) is 12.1 Å². The zero-order valence-electron chi connectivity index (χ0n) is 15.5. The molecule has 3 rings (SSSR count). The van der Waals surface area contributed by atoms with E-state index in [1.165, 1.54) is 30.3 Å². The van der Waals surface area contributed by atoms with Crippen LogP contribution in [0, 0.1) is 5.82 Å². The van der Waals surface area contributed by atoms with Crippen molar-refractivity contribution in [1.29, 1.82) is 0 Å². The van der Waals surface area contributed by atoms with Gasteiger partial charge in [-0.3, -0.25) is 4.79 Å². The largest absolute Gasteiger partial charge is 0.465 e. The fourth-order valence-electron chi connectivity index (χ4n) is 2.40. The van der Waals surface area contributed by atoms with Crippen molar-refractivity contribution in [3.63, 3.8) is 0 Å². The van der Waals surface area contributed by atoms with Gasteiger partial charge >= 0.3 is 6.09 Å². The maximum Gasteiger partial charge on any atom is 0.404 e. The molecule has 0 spiro atoms. The van der Waals surface area contributed by atoms with Crippen molar-refractivity contribution in [3.8, 4) is 0 Å². The molecule has 0 saturated heterocycles. The summed E-state index contributed by atoms with van der Waals surface area (Å²) >= 11 is 3.05. The summed E-state index contributed by atoms with van der Waals surface area (Å²) in [6, 6.07) is 10.2. The van der Waals surface area contributed by atoms with Crippen LogP contribution in [0.15, 0.2) is 56.7 Å². The fraction of sp³-hybridized carbons (Fsp3) is 0.0556. The second-order valence-corrected chi connectivity index (χ2v) is 6.83. The van der Waals surface area contributed by atoms with Crippen molar-refractivity contribution in [3.05, 3.63) is 69.6 Å². The number of nitrogens with zero attached hydrogens (tertiary/aromatic N) is 3. The third-order valence-electron chi connectivity index (χ3n) is 3.89. The lowest BCUT2D eigenvalue weighted by Gasteiger charge is -2.08. The van der Waals surface area contributed by atoms with E-state index in [-0.39, 0.29) is 33.9 Å². The summed E-state index contributed by atoms with van der Waals surface area (Å²) in [4.78, 5) is 23.0. The normalized spacial score (nSPS) is 11.1. The minimum Gasteiger partial charge on any atom is -0.465 e. The molecule has 160 valence electrons. The van der Waals surface area contributed by atoms with Crippen LogP contribution in [0.1, 0.15) is 21.6 Å². The first-order chi connectivity index (χ1) is 14.9. The Morgan fingerprint density at radius 1 is 1.13 bits per heavy atom. The van der Waals surface area contributed by atoms with Crippen LogP contribution in [0.3, 0.4) is 0 Å². The first kappa shape index (κ1) is 21.7. The number of oxime groups is 1. The number of hydrogen-bond donors (Lipinski definition) is 5. The highest BCUT2D eigenvalue weighted by molar-refractivity contribution is 9.10. The number of rotatable bonds is 6. The van der Waals surface area contributed by atoms with Gasteiger partial charge in [0.25, 0.3) is 5.91 Å². The van der Waals surface area contributed by atoms with Crippen LogP contribution in [0.5, 0.6) is 0 Å². The average molecular weight is 493 g/mol. The topological polar surface area (TPSA) is 162 Å². The van der Waals surface area contributed by atoms with Crippen LogP contribution in [-0.2, 0) is 6.54 Å². The third-order valence-corrected chi connectivity index (χ3v) is 4.49. The number of benzene rings is 2. The first-order valence-electron chi connectivity index (χ1n) is 8.51. The zero-order chi connectivity index (χ0) is 22.4. The molecule has 13 heteroatoms. The summed E-state index contributed by atoms with van der Waals surface area (Å²) < 4.78 is 18.2. The number of hydrogen-bond acceptors (Lipinski definition) is 7. The molecular formula is C18H14BrFN6O5. The monoisotopic (exact) mass is 492 g/mol. The van der Waals surface area contributed by atoms with Crippen molar-refractivity contribution < 1.29 is 28.9 Å². The Labute approximate surface area is 182 Å². The Balaban J connectivity index is 1.72. The van der Waals surface area contributed by atoms with Gasteiger partial charge in [-0.1, -0.05) is 17.3 Å². The second-order valence-electron chi connectivity index (χ2n) is 5.97. The Bertz CT molecular complexity index is 1130. The van der Waals surface area contributed by atoms with E-state index in [1.807, 2.05) is 0 Å². The molecule has 0 saturated carbocycles. The van der Waals surface area contributed by atoms with Crippen LogP contribution in [0.25, 0.3) is 0 Å². The van der Waals surface area contributed by atoms with Gasteiger partial charge < -0.3 is 26.3 Å². The highest BCUT2D eigenvalue weighted by Crippen LogP contribution is 2.21. The van der Waals surface area contributed by atoms with Gasteiger partial charge in [0.1, 0.15) is 5.82 Å². The molecule has 3 aromatic rings. The number of amidine groups is 1. The molecule has 5 N–H and O–H groups in total. The Morgan fingerprint density at radius 2 is 1.87 bits per heavy atom. The predicted molar refractivity (Wildman–Crippen MR) is 110 cm³/mol. The van der Waals surface area contributed by atoms with Gasteiger partial charge in [0.15, 0.2) is 5.69 Å². The second kappa shape index (κ2) is 9.67. The molecule has 2 amide bonds. The van der Waals surface area contributed by atoms with Crippen LogP contribution in [-0.4, -0.2) is 38.5 Å². The average Bonchev–Trinajstić information content (AvgIpc) is 3.21. The van der Waals surface area contributed by atoms with Crippen molar-refractivity contribution in [1.82, 2.24) is 15.6 Å². The van der Waals surface area contributed by atoms with E-state index in [9.17, 15) is 19.2 Å². The number of anilines is 2. The molecule has 0 unspecified atom stereocenters. The number of halogens is 2. The third kappa shape index (κ3) is 5.54. The summed E-state index contributed by atoms with van der Waals surface area (Å²) in [5.41, 5.74) is 1.18. The van der Waals surface area contributed by atoms with E-state index in [2.05, 4.69) is 52.0 Å². The van der Waals surface area contributed by atoms with Gasteiger partial charge in [0, 0.05) is 17.8 Å². The lowest BCUT2D eigenvalue weighted by molar-refractivity contribution is 0.102. The van der Waals surface area contributed by atoms with E-state index in [4.69, 9.17) is 5.11 Å². The Hall–Kier alpha value is -4.00. The molecule has 0 aliphatic heterocycles. The Morgan fingerprint density at radius 3 is 2.52 bits per heavy atom. The van der Waals surface area contributed by atoms with Crippen molar-refractivity contribution >= 4 is 45.3 Å². The molecule has 2 aromatic carbocycles. The molecule has 0 aliphatic carbocycles. The molecule has 0 atom stereocenters. The number of carbonyl (C=O) groups excluding carboxylic acids is 1. The SMILES string of the molecule is O=C(O)NCc1ccc(C(=O)Nc2nonc2/C(=N/O)Nc2ccc(F)c(Br)c2)cc1. The molecule has 31 heavy (non-hydrogen) atoms. The van der Waals surface area contributed by atoms with Gasteiger partial charge in [0.05, 0.1) is 4.47 Å². The minimum absolute atomic E-state index is 0.0933. The van der Waals surface area contributed by atoms with Crippen molar-refractivity contribution in [2.45, 2.75) is 6.54 Å². The van der Waals surface area contributed by atoms with Crippen molar-refractivity contribution in [2.24, 2.45) is 5.16 Å². The number of carboxylic acid groups (broad SMARTS) is 1. The zero-order valence-corrected chi connectivity index (χ0v) is 17.1. The summed E-state index contributed by atoms with van der Waals surface area (Å²) in [5.74, 6) is -1.36. The summed E-state index contributed by atoms with van der Waals surface area (Å²) in [6.45, 7) is 0.0933. The lowest BCUT2D eigenvalue weighted by Crippen LogP contribution is -2.20. The van der Waals surface area contributed by atoms with E-state index in [0.29, 0.717) is 11.3 Å². The van der Waals surface area contributed by atoms with Gasteiger partial charge in [-0.15, -0.1) is 0 Å². The number of carbonyl (C=O) groups is 2. The number of nitrogens with one attached hydrogen (secondary N) is 3. The molecular weight excluding hydrogens is 479 g/mol. The molecule has 11 nitrogen and oxygen atoms in total. The smallest absolute Gasteiger partial charge is 0.404 e. The maximum absolute atomic E-state index is 13.4. The molecule has 1 aromatic heterocycles. The lowest BCUT2D eigenvalue weighted by atomic mass is 10.1. The number of amides is 2. The summed E-state index contributed by atoms with van der Waals surface area (Å²) in [7, 11) is 0. The summed E-state index contributed by atoms with van der Waals surface area (Å²) in [6.07, 6.45) is -1.16. The first-order valence-corrected chi connectivity index (χ1v) is 9.31. The van der Waals surface area contributed by atoms with E-state index in [0.717, 1.165) is 0 Å². The van der Waals surface area contributed by atoms with Crippen LogP contribution >= 0.6 is 15.9 Å². The maximum atomic E-state index is 13.4. The molecule has 0 radical (unpaired) electrons. The highest BCUT2D eigenvalue weighted by atomic mass is 79.9. The van der Waals surface area contributed by atoms with Crippen LogP contribution in [0.2, 0.25) is 0 Å². The standard InChI is InChI=1S/C18H14BrFN6O5/c19-12-7-11(5-6-13(12)20)22-15(24-30)14-16(26-31-25-14)23-17(27)10-3-1-9(2-4-10)8-21-18(28)29/h1-7,21,30H,8H2,(H,22,24)(H,28,29)(H,23,26,27). The van der Waals surface area contributed by atoms with Crippen molar-refractivity contribution in [2.75, 3.05) is 10.6 Å².